The summed E-state index contributed by atoms with van der Waals surface area (Å²) in [6, 6.07) is 3.11. The average molecular weight is 278 g/mol. The van der Waals surface area contributed by atoms with Crippen molar-refractivity contribution in [3.05, 3.63) is 27.5 Å². The van der Waals surface area contributed by atoms with Crippen LogP contribution in [0, 0.1) is 0 Å². The second-order valence-electron chi connectivity index (χ2n) is 2.83. The van der Waals surface area contributed by atoms with Crippen LogP contribution >= 0.6 is 27.3 Å². The largest absolute Gasteiger partial charge is 0.398 e. The van der Waals surface area contributed by atoms with E-state index in [2.05, 4.69) is 15.9 Å². The van der Waals surface area contributed by atoms with Gasteiger partial charge in [0, 0.05) is 25.8 Å². The van der Waals surface area contributed by atoms with Gasteiger partial charge >= 0.3 is 0 Å². The summed E-state index contributed by atoms with van der Waals surface area (Å²) in [6.45, 7) is 0. The van der Waals surface area contributed by atoms with Crippen LogP contribution in [-0.2, 0) is 0 Å². The first-order valence-corrected chi connectivity index (χ1v) is 5.51. The van der Waals surface area contributed by atoms with Gasteiger partial charge in [0.15, 0.2) is 0 Å². The van der Waals surface area contributed by atoms with Crippen molar-refractivity contribution in [2.45, 2.75) is 6.43 Å². The molecule has 0 saturated heterocycles. The lowest BCUT2D eigenvalue weighted by Crippen LogP contribution is -1.91. The molecule has 14 heavy (non-hydrogen) atoms. The van der Waals surface area contributed by atoms with Gasteiger partial charge in [-0.1, -0.05) is 0 Å². The smallest absolute Gasteiger partial charge is 0.265 e. The SMILES string of the molecule is Nc1cc(C(F)F)c2sccc2c1Br. The van der Waals surface area contributed by atoms with E-state index in [1.54, 1.807) is 11.4 Å². The van der Waals surface area contributed by atoms with Crippen LogP contribution in [0.15, 0.2) is 22.0 Å². The molecule has 0 radical (unpaired) electrons. The Morgan fingerprint density at radius 2 is 2.14 bits per heavy atom. The molecule has 2 aromatic rings. The van der Waals surface area contributed by atoms with Gasteiger partial charge in [-0.2, -0.15) is 0 Å². The van der Waals surface area contributed by atoms with E-state index in [9.17, 15) is 8.78 Å². The van der Waals surface area contributed by atoms with E-state index in [1.807, 2.05) is 0 Å². The van der Waals surface area contributed by atoms with Gasteiger partial charge in [0.1, 0.15) is 0 Å². The van der Waals surface area contributed by atoms with Crippen molar-refractivity contribution < 1.29 is 8.78 Å². The molecule has 0 spiro atoms. The Hall–Kier alpha value is -0.680. The number of thiophene rings is 1. The van der Waals surface area contributed by atoms with Gasteiger partial charge in [-0.15, -0.1) is 11.3 Å². The summed E-state index contributed by atoms with van der Waals surface area (Å²) in [5, 5.41) is 2.53. The second-order valence-corrected chi connectivity index (χ2v) is 4.54. The molecule has 0 fully saturated rings. The van der Waals surface area contributed by atoms with Gasteiger partial charge in [-0.05, 0) is 33.4 Å². The number of anilines is 1. The van der Waals surface area contributed by atoms with Crippen molar-refractivity contribution in [3.63, 3.8) is 0 Å². The van der Waals surface area contributed by atoms with Crippen molar-refractivity contribution in [1.82, 2.24) is 0 Å². The number of nitrogens with two attached hydrogens (primary N) is 1. The highest BCUT2D eigenvalue weighted by Gasteiger charge is 2.16. The van der Waals surface area contributed by atoms with E-state index in [0.29, 0.717) is 14.9 Å². The quantitative estimate of drug-likeness (QED) is 0.778. The lowest BCUT2D eigenvalue weighted by Gasteiger charge is -2.06. The molecule has 0 aliphatic carbocycles. The van der Waals surface area contributed by atoms with Gasteiger partial charge < -0.3 is 5.73 Å². The lowest BCUT2D eigenvalue weighted by atomic mass is 10.1. The molecule has 1 nitrogen and oxygen atoms in total. The summed E-state index contributed by atoms with van der Waals surface area (Å²) in [6.07, 6.45) is -2.48. The Labute approximate surface area is 91.7 Å². The molecule has 5 heteroatoms. The highest BCUT2D eigenvalue weighted by molar-refractivity contribution is 9.10. The Kier molecular flexibility index (Phi) is 2.45. The molecule has 1 aromatic heterocycles. The molecule has 0 atom stereocenters. The number of hydrogen-bond donors (Lipinski definition) is 1. The maximum atomic E-state index is 12.6. The van der Waals surface area contributed by atoms with Crippen molar-refractivity contribution >= 4 is 43.0 Å². The minimum atomic E-state index is -2.48. The molecule has 2 rings (SSSR count). The normalized spacial score (nSPS) is 11.4. The van der Waals surface area contributed by atoms with E-state index < -0.39 is 6.43 Å². The van der Waals surface area contributed by atoms with Crippen LogP contribution in [0.25, 0.3) is 10.1 Å². The summed E-state index contributed by atoms with van der Waals surface area (Å²) < 4.78 is 26.5. The van der Waals surface area contributed by atoms with Crippen LogP contribution in [0.5, 0.6) is 0 Å². The first kappa shape index (κ1) is 9.86. The topological polar surface area (TPSA) is 26.0 Å². The molecule has 0 bridgehead atoms. The lowest BCUT2D eigenvalue weighted by molar-refractivity contribution is 0.153. The fourth-order valence-electron chi connectivity index (χ4n) is 1.32. The minimum absolute atomic E-state index is 0.00991. The number of alkyl halides is 2. The number of fused-ring (bicyclic) bond motifs is 1. The summed E-state index contributed by atoms with van der Waals surface area (Å²) in [5.74, 6) is 0. The summed E-state index contributed by atoms with van der Waals surface area (Å²) in [5.41, 5.74) is 5.97. The highest BCUT2D eigenvalue weighted by atomic mass is 79.9. The van der Waals surface area contributed by atoms with Crippen molar-refractivity contribution in [2.75, 3.05) is 5.73 Å². The van der Waals surface area contributed by atoms with Gasteiger partial charge in [-0.3, -0.25) is 0 Å². The Bertz CT molecular complexity index is 481. The predicted octanol–water partition coefficient (Wildman–Crippen LogP) is 4.18. The number of nitrogen functional groups attached to an aromatic ring is 1. The molecule has 0 aliphatic heterocycles. The Morgan fingerprint density at radius 3 is 2.79 bits per heavy atom. The third kappa shape index (κ3) is 1.40. The molecule has 0 amide bonds. The molecular weight excluding hydrogens is 272 g/mol. The zero-order chi connectivity index (χ0) is 10.3. The third-order valence-corrected chi connectivity index (χ3v) is 3.81. The number of halogens is 3. The van der Waals surface area contributed by atoms with Gasteiger partial charge in [-0.25, -0.2) is 8.78 Å². The molecule has 0 unspecified atom stereocenters. The summed E-state index contributed by atoms with van der Waals surface area (Å²) >= 11 is 4.58. The Balaban J connectivity index is 2.84. The van der Waals surface area contributed by atoms with E-state index in [4.69, 9.17) is 5.73 Å². The monoisotopic (exact) mass is 277 g/mol. The van der Waals surface area contributed by atoms with Crippen LogP contribution in [0.2, 0.25) is 0 Å². The first-order chi connectivity index (χ1) is 6.61. The molecule has 74 valence electrons. The van der Waals surface area contributed by atoms with Crippen molar-refractivity contribution in [1.29, 1.82) is 0 Å². The molecule has 0 aliphatic rings. The predicted molar refractivity (Wildman–Crippen MR) is 58.9 cm³/mol. The third-order valence-electron chi connectivity index (χ3n) is 1.96. The van der Waals surface area contributed by atoms with Crippen LogP contribution in [0.4, 0.5) is 14.5 Å². The summed E-state index contributed by atoms with van der Waals surface area (Å²) in [7, 11) is 0. The molecule has 2 N–H and O–H groups in total. The van der Waals surface area contributed by atoms with Gasteiger partial charge in [0.2, 0.25) is 0 Å². The zero-order valence-corrected chi connectivity index (χ0v) is 9.33. The maximum absolute atomic E-state index is 12.6. The van der Waals surface area contributed by atoms with Crippen LogP contribution in [0.1, 0.15) is 12.0 Å². The molecular formula is C9H6BrF2NS. The van der Waals surface area contributed by atoms with Crippen LogP contribution in [0.3, 0.4) is 0 Å². The van der Waals surface area contributed by atoms with Crippen molar-refractivity contribution in [2.24, 2.45) is 0 Å². The van der Waals surface area contributed by atoms with E-state index in [0.717, 1.165) is 5.39 Å². The van der Waals surface area contributed by atoms with Crippen LogP contribution in [-0.4, -0.2) is 0 Å². The number of hydrogen-bond acceptors (Lipinski definition) is 2. The Morgan fingerprint density at radius 1 is 1.43 bits per heavy atom. The van der Waals surface area contributed by atoms with Gasteiger partial charge in [0.05, 0.1) is 0 Å². The standard InChI is InChI=1S/C9H6BrF2NS/c10-7-4-1-2-14-8(4)5(9(11)12)3-6(7)13/h1-3,9H,13H2. The molecule has 1 aromatic carbocycles. The second kappa shape index (κ2) is 3.47. The van der Waals surface area contributed by atoms with E-state index >= 15 is 0 Å². The molecule has 0 saturated carbocycles. The van der Waals surface area contributed by atoms with Crippen LogP contribution < -0.4 is 5.73 Å². The fourth-order valence-corrected chi connectivity index (χ4v) is 2.82. The molecule has 1 heterocycles. The zero-order valence-electron chi connectivity index (χ0n) is 6.93. The minimum Gasteiger partial charge on any atom is -0.398 e. The fraction of sp³-hybridized carbons (Fsp3) is 0.111. The van der Waals surface area contributed by atoms with E-state index in [-0.39, 0.29) is 5.56 Å². The average Bonchev–Trinajstić information content (AvgIpc) is 2.59. The highest BCUT2D eigenvalue weighted by Crippen LogP contribution is 2.39. The summed E-state index contributed by atoms with van der Waals surface area (Å²) in [4.78, 5) is 0. The number of rotatable bonds is 1. The first-order valence-electron chi connectivity index (χ1n) is 3.84. The van der Waals surface area contributed by atoms with Crippen molar-refractivity contribution in [3.8, 4) is 0 Å². The van der Waals surface area contributed by atoms with Gasteiger partial charge in [0.25, 0.3) is 6.43 Å². The number of benzene rings is 1. The maximum Gasteiger partial charge on any atom is 0.265 e. The van der Waals surface area contributed by atoms with E-state index in [1.165, 1.54) is 17.4 Å².